The molecule has 0 aliphatic carbocycles. The molecule has 80 valence electrons. The summed E-state index contributed by atoms with van der Waals surface area (Å²) in [4.78, 5) is 22.6. The fraction of sp³-hybridized carbons (Fsp3) is 0.200. The van der Waals surface area contributed by atoms with Gasteiger partial charge in [-0.15, -0.1) is 0 Å². The van der Waals surface area contributed by atoms with Gasteiger partial charge < -0.3 is 9.84 Å². The first-order chi connectivity index (χ1) is 7.15. The van der Waals surface area contributed by atoms with E-state index in [2.05, 4.69) is 4.74 Å². The third-order valence-corrected chi connectivity index (χ3v) is 2.81. The van der Waals surface area contributed by atoms with Crippen LogP contribution in [0.2, 0.25) is 0 Å². The summed E-state index contributed by atoms with van der Waals surface area (Å²) in [5, 5.41) is 7.60. The highest BCUT2D eigenvalue weighted by atomic mass is 32.2. The van der Waals surface area contributed by atoms with Crippen molar-refractivity contribution in [1.82, 2.24) is 0 Å². The molecule has 0 aliphatic rings. The van der Waals surface area contributed by atoms with Crippen molar-refractivity contribution >= 4 is 23.7 Å². The maximum absolute atomic E-state index is 11.1. The predicted octanol–water partition coefficient (Wildman–Crippen LogP) is 1.40. The zero-order valence-corrected chi connectivity index (χ0v) is 8.86. The smallest absolute Gasteiger partial charge is 0.330 e. The summed E-state index contributed by atoms with van der Waals surface area (Å²) in [6.45, 7) is 0. The second-order valence-corrected chi connectivity index (χ2v) is 3.85. The van der Waals surface area contributed by atoms with E-state index in [1.54, 1.807) is 24.3 Å². The van der Waals surface area contributed by atoms with E-state index in [9.17, 15) is 9.59 Å². The Morgan fingerprint density at radius 2 is 1.93 bits per heavy atom. The topological polar surface area (TPSA) is 63.6 Å². The summed E-state index contributed by atoms with van der Waals surface area (Å²) in [5.74, 6) is -1.95. The lowest BCUT2D eigenvalue weighted by Gasteiger charge is -2.08. The molecule has 0 aromatic heterocycles. The molecule has 1 atom stereocenters. The molecule has 1 unspecified atom stereocenters. The molecular formula is C10H10O4S. The van der Waals surface area contributed by atoms with Crippen molar-refractivity contribution in [2.24, 2.45) is 0 Å². The number of rotatable bonds is 4. The SMILES string of the molecule is COC(=O)C(Sc1ccccc1)C(=O)O. The van der Waals surface area contributed by atoms with Gasteiger partial charge in [0.15, 0.2) is 0 Å². The monoisotopic (exact) mass is 226 g/mol. The van der Waals surface area contributed by atoms with Gasteiger partial charge in [0, 0.05) is 4.90 Å². The van der Waals surface area contributed by atoms with Gasteiger partial charge in [-0.2, -0.15) is 0 Å². The van der Waals surface area contributed by atoms with Crippen LogP contribution in [0.1, 0.15) is 0 Å². The third kappa shape index (κ3) is 3.28. The maximum atomic E-state index is 11.1. The van der Waals surface area contributed by atoms with Crippen molar-refractivity contribution < 1.29 is 19.4 Å². The van der Waals surface area contributed by atoms with Gasteiger partial charge in [-0.25, -0.2) is 0 Å². The fourth-order valence-corrected chi connectivity index (χ4v) is 1.82. The summed E-state index contributed by atoms with van der Waals surface area (Å²) in [5.41, 5.74) is 0. The Kier molecular flexibility index (Phi) is 4.17. The van der Waals surface area contributed by atoms with Crippen molar-refractivity contribution in [2.75, 3.05) is 7.11 Å². The molecular weight excluding hydrogens is 216 g/mol. The van der Waals surface area contributed by atoms with Gasteiger partial charge in [-0.3, -0.25) is 9.59 Å². The molecule has 0 aliphatic heterocycles. The molecule has 0 radical (unpaired) electrons. The minimum Gasteiger partial charge on any atom is -0.480 e. The van der Waals surface area contributed by atoms with Gasteiger partial charge >= 0.3 is 11.9 Å². The molecule has 0 amide bonds. The largest absolute Gasteiger partial charge is 0.480 e. The van der Waals surface area contributed by atoms with Crippen LogP contribution >= 0.6 is 11.8 Å². The van der Waals surface area contributed by atoms with E-state index in [1.165, 1.54) is 7.11 Å². The summed E-state index contributed by atoms with van der Waals surface area (Å²) in [7, 11) is 1.17. The molecule has 1 aromatic carbocycles. The normalized spacial score (nSPS) is 11.8. The number of carbonyl (C=O) groups is 2. The first-order valence-corrected chi connectivity index (χ1v) is 5.05. The minimum absolute atomic E-state index is 0.718. The van der Waals surface area contributed by atoms with Crippen molar-refractivity contribution in [3.63, 3.8) is 0 Å². The molecule has 1 N–H and O–H groups in total. The van der Waals surface area contributed by atoms with Crippen molar-refractivity contribution in [1.29, 1.82) is 0 Å². The number of methoxy groups -OCH3 is 1. The van der Waals surface area contributed by atoms with Crippen LogP contribution in [0.25, 0.3) is 0 Å². The lowest BCUT2D eigenvalue weighted by Crippen LogP contribution is -2.27. The number of benzene rings is 1. The minimum atomic E-state index is -1.21. The number of aliphatic carboxylic acids is 1. The van der Waals surface area contributed by atoms with Crippen molar-refractivity contribution in [3.8, 4) is 0 Å². The number of ether oxygens (including phenoxy) is 1. The summed E-state index contributed by atoms with van der Waals surface area (Å²) in [6.07, 6.45) is 0. The zero-order chi connectivity index (χ0) is 11.3. The van der Waals surface area contributed by atoms with E-state index in [0.29, 0.717) is 0 Å². The van der Waals surface area contributed by atoms with Gasteiger partial charge in [0.1, 0.15) is 0 Å². The molecule has 1 rings (SSSR count). The average molecular weight is 226 g/mol. The van der Waals surface area contributed by atoms with Crippen LogP contribution in [0.4, 0.5) is 0 Å². The van der Waals surface area contributed by atoms with Crippen molar-refractivity contribution in [3.05, 3.63) is 30.3 Å². The number of hydrogen-bond donors (Lipinski definition) is 1. The Morgan fingerprint density at radius 1 is 1.33 bits per heavy atom. The molecule has 0 saturated heterocycles. The van der Waals surface area contributed by atoms with E-state index in [-0.39, 0.29) is 0 Å². The molecule has 0 heterocycles. The van der Waals surface area contributed by atoms with Gasteiger partial charge in [0.25, 0.3) is 0 Å². The molecule has 4 nitrogen and oxygen atoms in total. The van der Waals surface area contributed by atoms with Crippen LogP contribution in [0.3, 0.4) is 0 Å². The van der Waals surface area contributed by atoms with E-state index in [0.717, 1.165) is 16.7 Å². The highest BCUT2D eigenvalue weighted by molar-refractivity contribution is 8.01. The van der Waals surface area contributed by atoms with E-state index in [4.69, 9.17) is 5.11 Å². The number of carboxylic acids is 1. The van der Waals surface area contributed by atoms with Gasteiger partial charge in [-0.05, 0) is 12.1 Å². The first-order valence-electron chi connectivity index (χ1n) is 4.17. The molecule has 0 spiro atoms. The lowest BCUT2D eigenvalue weighted by atomic mass is 10.4. The standard InChI is InChI=1S/C10H10O4S/c1-14-10(13)8(9(11)12)15-7-5-3-2-4-6-7/h2-6,8H,1H3,(H,11,12). The summed E-state index contributed by atoms with van der Waals surface area (Å²) >= 11 is 0.955. The van der Waals surface area contributed by atoms with Crippen LogP contribution in [-0.2, 0) is 14.3 Å². The third-order valence-electron chi connectivity index (χ3n) is 1.64. The molecule has 0 fully saturated rings. The maximum Gasteiger partial charge on any atom is 0.330 e. The summed E-state index contributed by atoms with van der Waals surface area (Å²) < 4.78 is 4.41. The van der Waals surface area contributed by atoms with Crippen molar-refractivity contribution in [2.45, 2.75) is 10.1 Å². The molecule has 0 bridgehead atoms. The number of esters is 1. The Balaban J connectivity index is 2.76. The number of carboxylic acid groups (broad SMARTS) is 1. The molecule has 15 heavy (non-hydrogen) atoms. The Hall–Kier alpha value is -1.49. The van der Waals surface area contributed by atoms with E-state index < -0.39 is 17.2 Å². The fourth-order valence-electron chi connectivity index (χ4n) is 0.942. The Labute approximate surface area is 91.2 Å². The number of thioether (sulfide) groups is 1. The van der Waals surface area contributed by atoms with Crippen LogP contribution in [-0.4, -0.2) is 29.4 Å². The highest BCUT2D eigenvalue weighted by Crippen LogP contribution is 2.23. The summed E-state index contributed by atoms with van der Waals surface area (Å²) in [6, 6.07) is 8.85. The molecule has 5 heteroatoms. The lowest BCUT2D eigenvalue weighted by molar-refractivity contribution is -0.148. The van der Waals surface area contributed by atoms with Crippen LogP contribution in [0.15, 0.2) is 35.2 Å². The quantitative estimate of drug-likeness (QED) is 0.477. The predicted molar refractivity (Wildman–Crippen MR) is 55.7 cm³/mol. The average Bonchev–Trinajstić information content (AvgIpc) is 2.26. The van der Waals surface area contributed by atoms with Crippen LogP contribution in [0.5, 0.6) is 0 Å². The first kappa shape index (κ1) is 11.6. The molecule has 0 saturated carbocycles. The number of hydrogen-bond acceptors (Lipinski definition) is 4. The van der Waals surface area contributed by atoms with Gasteiger partial charge in [0.05, 0.1) is 7.11 Å². The zero-order valence-electron chi connectivity index (χ0n) is 8.04. The van der Waals surface area contributed by atoms with Gasteiger partial charge in [-0.1, -0.05) is 30.0 Å². The Bertz CT molecular complexity index is 350. The van der Waals surface area contributed by atoms with Gasteiger partial charge in [0.2, 0.25) is 5.25 Å². The second kappa shape index (κ2) is 5.41. The Morgan fingerprint density at radius 3 is 2.40 bits per heavy atom. The molecule has 1 aromatic rings. The number of carbonyl (C=O) groups excluding carboxylic acids is 1. The van der Waals surface area contributed by atoms with Crippen LogP contribution in [0, 0.1) is 0 Å². The highest BCUT2D eigenvalue weighted by Gasteiger charge is 2.28. The second-order valence-electron chi connectivity index (χ2n) is 2.67. The van der Waals surface area contributed by atoms with Crippen LogP contribution < -0.4 is 0 Å². The van der Waals surface area contributed by atoms with E-state index in [1.807, 2.05) is 6.07 Å². The van der Waals surface area contributed by atoms with E-state index >= 15 is 0 Å².